The van der Waals surface area contributed by atoms with Crippen LogP contribution in [-0.4, -0.2) is 53.0 Å². The zero-order valence-corrected chi connectivity index (χ0v) is 16.0. The third kappa shape index (κ3) is 3.12. The topological polar surface area (TPSA) is 71.5 Å². The average Bonchev–Trinajstić information content (AvgIpc) is 3.26. The largest absolute Gasteiger partial charge is 0.369 e. The summed E-state index contributed by atoms with van der Waals surface area (Å²) in [7, 11) is 0. The molecule has 1 aromatic heterocycles. The number of pyridine rings is 1. The van der Waals surface area contributed by atoms with Crippen molar-refractivity contribution in [3.8, 4) is 0 Å². The monoisotopic (exact) mass is 375 g/mol. The number of ether oxygens (including phenoxy) is 1. The Labute approximate surface area is 158 Å². The van der Waals surface area contributed by atoms with Crippen LogP contribution in [0.25, 0.3) is 0 Å². The summed E-state index contributed by atoms with van der Waals surface area (Å²) in [5, 5.41) is 2.91. The highest BCUT2D eigenvalue weighted by atomic mass is 19.1. The highest BCUT2D eigenvalue weighted by Gasteiger charge is 2.63. The molecule has 27 heavy (non-hydrogen) atoms. The Balaban J connectivity index is 1.44. The van der Waals surface area contributed by atoms with E-state index in [1.807, 2.05) is 25.7 Å². The molecule has 6 nitrogen and oxygen atoms in total. The van der Waals surface area contributed by atoms with Crippen LogP contribution in [0.1, 0.15) is 44.0 Å². The second kappa shape index (κ2) is 6.26. The van der Waals surface area contributed by atoms with Crippen molar-refractivity contribution in [2.75, 3.05) is 19.6 Å². The lowest BCUT2D eigenvalue weighted by molar-refractivity contribution is -0.139. The molecular weight excluding hydrogens is 349 g/mol. The lowest BCUT2D eigenvalue weighted by Gasteiger charge is -2.29. The van der Waals surface area contributed by atoms with Gasteiger partial charge in [0.2, 0.25) is 5.91 Å². The Morgan fingerprint density at radius 2 is 2.19 bits per heavy atom. The Bertz CT molecular complexity index is 778. The van der Waals surface area contributed by atoms with E-state index in [4.69, 9.17) is 4.74 Å². The van der Waals surface area contributed by atoms with E-state index in [9.17, 15) is 14.0 Å². The van der Waals surface area contributed by atoms with E-state index in [1.165, 1.54) is 12.3 Å². The predicted octanol–water partition coefficient (Wildman–Crippen LogP) is 2.00. The van der Waals surface area contributed by atoms with Gasteiger partial charge in [0.1, 0.15) is 5.82 Å². The van der Waals surface area contributed by atoms with Crippen LogP contribution in [0.4, 0.5) is 4.39 Å². The van der Waals surface area contributed by atoms with Gasteiger partial charge in [-0.3, -0.25) is 14.6 Å². The first-order valence-electron chi connectivity index (χ1n) is 9.55. The quantitative estimate of drug-likeness (QED) is 0.877. The summed E-state index contributed by atoms with van der Waals surface area (Å²) < 4.78 is 19.6. The van der Waals surface area contributed by atoms with Crippen molar-refractivity contribution in [3.05, 3.63) is 29.8 Å². The van der Waals surface area contributed by atoms with Gasteiger partial charge in [0.25, 0.3) is 5.91 Å². The summed E-state index contributed by atoms with van der Waals surface area (Å²) in [4.78, 5) is 30.7. The molecule has 1 N–H and O–H groups in total. The fourth-order valence-corrected chi connectivity index (χ4v) is 4.94. The molecule has 3 aliphatic rings. The number of nitrogens with zero attached hydrogens (tertiary/aromatic N) is 2. The summed E-state index contributed by atoms with van der Waals surface area (Å²) in [6.45, 7) is 7.58. The van der Waals surface area contributed by atoms with Crippen LogP contribution in [0.5, 0.6) is 0 Å². The molecule has 0 aromatic carbocycles. The van der Waals surface area contributed by atoms with Gasteiger partial charge in [-0.25, -0.2) is 4.39 Å². The van der Waals surface area contributed by atoms with Crippen molar-refractivity contribution in [1.29, 1.82) is 0 Å². The molecule has 146 valence electrons. The third-order valence-electron chi connectivity index (χ3n) is 6.18. The second-order valence-electron chi connectivity index (χ2n) is 9.07. The van der Waals surface area contributed by atoms with E-state index in [2.05, 4.69) is 10.3 Å². The van der Waals surface area contributed by atoms with Crippen LogP contribution in [-0.2, 0) is 9.53 Å². The zero-order chi connectivity index (χ0) is 19.4. The molecule has 0 radical (unpaired) electrons. The Morgan fingerprint density at radius 1 is 1.41 bits per heavy atom. The third-order valence-corrected chi connectivity index (χ3v) is 6.18. The summed E-state index contributed by atoms with van der Waals surface area (Å²) >= 11 is 0. The summed E-state index contributed by atoms with van der Waals surface area (Å²) in [5.41, 5.74) is -0.465. The molecular formula is C20H26FN3O3. The molecule has 4 heterocycles. The normalized spacial score (nSPS) is 31.9. The Morgan fingerprint density at radius 3 is 2.89 bits per heavy atom. The number of hydrogen-bond donors (Lipinski definition) is 1. The highest BCUT2D eigenvalue weighted by Crippen LogP contribution is 2.55. The first-order chi connectivity index (χ1) is 12.7. The number of aromatic nitrogens is 1. The number of likely N-dealkylation sites (tertiary alicyclic amines) is 1. The van der Waals surface area contributed by atoms with Crippen molar-refractivity contribution < 1.29 is 18.7 Å². The van der Waals surface area contributed by atoms with Gasteiger partial charge < -0.3 is 15.0 Å². The van der Waals surface area contributed by atoms with Gasteiger partial charge in [0.15, 0.2) is 0 Å². The minimum absolute atomic E-state index is 0.118. The van der Waals surface area contributed by atoms with Crippen LogP contribution in [0.3, 0.4) is 0 Å². The molecule has 0 aliphatic carbocycles. The van der Waals surface area contributed by atoms with Crippen LogP contribution < -0.4 is 5.32 Å². The van der Waals surface area contributed by atoms with Gasteiger partial charge in [-0.2, -0.15) is 0 Å². The molecule has 3 aliphatic heterocycles. The molecule has 3 saturated heterocycles. The van der Waals surface area contributed by atoms with Crippen LogP contribution in [0.15, 0.2) is 18.5 Å². The zero-order valence-electron chi connectivity index (χ0n) is 16.0. The fourth-order valence-electron chi connectivity index (χ4n) is 4.94. The number of fused-ring (bicyclic) bond motifs is 1. The van der Waals surface area contributed by atoms with E-state index < -0.39 is 11.2 Å². The van der Waals surface area contributed by atoms with E-state index in [-0.39, 0.29) is 40.9 Å². The number of nitrogens with one attached hydrogen (secondary N) is 1. The van der Waals surface area contributed by atoms with Crippen molar-refractivity contribution in [2.45, 2.75) is 45.3 Å². The maximum Gasteiger partial charge on any atom is 0.252 e. The van der Waals surface area contributed by atoms with E-state index in [0.29, 0.717) is 19.6 Å². The van der Waals surface area contributed by atoms with Crippen molar-refractivity contribution in [3.63, 3.8) is 0 Å². The summed E-state index contributed by atoms with van der Waals surface area (Å²) in [5.74, 6) is -0.321. The number of hydrogen-bond acceptors (Lipinski definition) is 4. The van der Waals surface area contributed by atoms with Gasteiger partial charge in [0.05, 0.1) is 30.0 Å². The first-order valence-corrected chi connectivity index (χ1v) is 9.55. The minimum Gasteiger partial charge on any atom is -0.369 e. The van der Waals surface area contributed by atoms with Gasteiger partial charge in [-0.05, 0) is 18.9 Å². The van der Waals surface area contributed by atoms with Crippen molar-refractivity contribution in [1.82, 2.24) is 15.2 Å². The first kappa shape index (κ1) is 18.3. The minimum atomic E-state index is -0.531. The Hall–Kier alpha value is -2.02. The molecule has 2 bridgehead atoms. The number of halogens is 1. The van der Waals surface area contributed by atoms with Crippen molar-refractivity contribution in [2.24, 2.45) is 17.3 Å². The van der Waals surface area contributed by atoms with E-state index in [0.717, 1.165) is 19.0 Å². The van der Waals surface area contributed by atoms with Crippen LogP contribution in [0, 0.1) is 23.1 Å². The molecule has 2 amide bonds. The summed E-state index contributed by atoms with van der Waals surface area (Å²) in [6.07, 6.45) is 4.47. The summed E-state index contributed by atoms with van der Waals surface area (Å²) in [6, 6.07) is 1.18. The van der Waals surface area contributed by atoms with E-state index >= 15 is 0 Å². The lowest BCUT2D eigenvalue weighted by atomic mass is 9.73. The van der Waals surface area contributed by atoms with Gasteiger partial charge in [-0.15, -0.1) is 0 Å². The van der Waals surface area contributed by atoms with E-state index in [1.54, 1.807) is 0 Å². The van der Waals surface area contributed by atoms with Crippen molar-refractivity contribution >= 4 is 11.8 Å². The van der Waals surface area contributed by atoms with Crippen LogP contribution in [0.2, 0.25) is 0 Å². The molecule has 3 fully saturated rings. The van der Waals surface area contributed by atoms with Gasteiger partial charge in [0, 0.05) is 36.5 Å². The van der Waals surface area contributed by atoms with Gasteiger partial charge >= 0.3 is 0 Å². The molecule has 4 atom stereocenters. The number of carbonyl (C=O) groups is 2. The number of carbonyl (C=O) groups excluding carboxylic acids is 2. The molecule has 4 rings (SSSR count). The second-order valence-corrected chi connectivity index (χ2v) is 9.07. The van der Waals surface area contributed by atoms with Gasteiger partial charge in [-0.1, -0.05) is 20.8 Å². The SMILES string of the molecule is CC(C)(C)C(=O)N1C[C@@H]2[C@H](CNC(=O)c3cncc(F)c3)[C@H]3CC[C@]2(C1)O3. The molecule has 7 heteroatoms. The molecule has 1 spiro atoms. The predicted molar refractivity (Wildman–Crippen MR) is 96.4 cm³/mol. The van der Waals surface area contributed by atoms with Crippen LogP contribution >= 0.6 is 0 Å². The molecule has 1 aromatic rings. The smallest absolute Gasteiger partial charge is 0.252 e. The fraction of sp³-hybridized carbons (Fsp3) is 0.650. The number of rotatable bonds is 3. The molecule has 0 unspecified atom stereocenters. The highest BCUT2D eigenvalue weighted by molar-refractivity contribution is 5.93. The maximum absolute atomic E-state index is 13.3. The Kier molecular flexibility index (Phi) is 4.25. The number of amides is 2. The standard InChI is InChI=1S/C20H26FN3O3/c1-19(2,3)18(26)24-10-15-14(16-4-5-20(15,11-24)27-16)9-23-17(25)12-6-13(21)8-22-7-12/h6-8,14-16H,4-5,9-11H2,1-3H3,(H,23,25)/t14-,15+,16+,20+/m0/s1. The average molecular weight is 375 g/mol. The maximum atomic E-state index is 13.3. The lowest BCUT2D eigenvalue weighted by Crippen LogP contribution is -2.41. The molecule has 0 saturated carbocycles.